The fraction of sp³-hybridized carbons (Fsp3) is 0.500. The molecule has 0 radical (unpaired) electrons. The molecule has 0 unspecified atom stereocenters. The Morgan fingerprint density at radius 1 is 1.17 bits per heavy atom. The van der Waals surface area contributed by atoms with Crippen LogP contribution in [0.25, 0.3) is 15.6 Å². The van der Waals surface area contributed by atoms with Crippen LogP contribution in [0.1, 0.15) is 36.6 Å². The Kier molecular flexibility index (Phi) is 9.71. The van der Waals surface area contributed by atoms with Gasteiger partial charge in [-0.3, -0.25) is 9.69 Å². The molecule has 0 aliphatic carbocycles. The van der Waals surface area contributed by atoms with E-state index in [9.17, 15) is 4.79 Å². The van der Waals surface area contributed by atoms with Gasteiger partial charge in [-0.2, -0.15) is 9.97 Å². The fourth-order valence-corrected chi connectivity index (χ4v) is 7.29. The molecule has 2 saturated heterocycles. The highest BCUT2D eigenvalue weighted by Gasteiger charge is 2.35. The smallest absolute Gasteiger partial charge is 0.318 e. The van der Waals surface area contributed by atoms with Gasteiger partial charge < -0.3 is 29.0 Å². The van der Waals surface area contributed by atoms with E-state index in [1.54, 1.807) is 4.90 Å². The zero-order valence-corrected chi connectivity index (χ0v) is 27.3. The van der Waals surface area contributed by atoms with Crippen LogP contribution in [0.15, 0.2) is 49.1 Å². The van der Waals surface area contributed by atoms with Crippen LogP contribution in [0, 0.1) is 13.5 Å². The monoisotopic (exact) mass is 623 g/mol. The van der Waals surface area contributed by atoms with Gasteiger partial charge in [0, 0.05) is 68.6 Å². The van der Waals surface area contributed by atoms with Crippen LogP contribution in [-0.2, 0) is 22.5 Å². The molecule has 3 aromatic rings. The van der Waals surface area contributed by atoms with Crippen LogP contribution < -0.4 is 14.5 Å². The van der Waals surface area contributed by atoms with Gasteiger partial charge in [-0.1, -0.05) is 36.9 Å². The number of hydrogen-bond donors (Lipinski definition) is 0. The molecule has 2 aromatic carbocycles. The summed E-state index contributed by atoms with van der Waals surface area (Å²) in [7, 11) is 2.15. The van der Waals surface area contributed by atoms with Crippen molar-refractivity contribution in [2.75, 3.05) is 69.3 Å². The van der Waals surface area contributed by atoms with Gasteiger partial charge in [0.15, 0.2) is 0 Å². The van der Waals surface area contributed by atoms with E-state index in [0.29, 0.717) is 38.2 Å². The summed E-state index contributed by atoms with van der Waals surface area (Å²) in [6.45, 7) is 21.2. The maximum absolute atomic E-state index is 12.6. The standard InChI is InChI=1S/C36H45N7O3/c1-6-33(44)43-18-17-42(23-29(43)21-37-4)35-30-13-16-41(32-12-8-11-27-10-7-9-25(2)34(27)32)24-31(30)38-36(39-35)46-26(3)22-40(5)28-14-19-45-20-15-28/h6-12,26,28-29H,1,13-24H2,2-3,5H3/t26-,29-/m0/s1. The topological polar surface area (TPSA) is 78.6 Å². The lowest BCUT2D eigenvalue weighted by Gasteiger charge is -2.41. The Morgan fingerprint density at radius 3 is 2.72 bits per heavy atom. The quantitative estimate of drug-likeness (QED) is 0.255. The number of rotatable bonds is 9. The van der Waals surface area contributed by atoms with Crippen LogP contribution in [0.2, 0.25) is 0 Å². The van der Waals surface area contributed by atoms with Crippen LogP contribution in [0.5, 0.6) is 6.01 Å². The van der Waals surface area contributed by atoms with Crippen molar-refractivity contribution in [3.05, 3.63) is 77.3 Å². The molecule has 0 N–H and O–H groups in total. The Morgan fingerprint density at radius 2 is 1.96 bits per heavy atom. The lowest BCUT2D eigenvalue weighted by atomic mass is 9.99. The summed E-state index contributed by atoms with van der Waals surface area (Å²) in [4.78, 5) is 35.2. The third-order valence-electron chi connectivity index (χ3n) is 9.66. The van der Waals surface area contributed by atoms with Crippen molar-refractivity contribution in [3.8, 4) is 6.01 Å². The minimum Gasteiger partial charge on any atom is -0.459 e. The number of benzene rings is 2. The zero-order valence-electron chi connectivity index (χ0n) is 27.3. The van der Waals surface area contributed by atoms with E-state index < -0.39 is 0 Å². The summed E-state index contributed by atoms with van der Waals surface area (Å²) in [5.41, 5.74) is 4.56. The van der Waals surface area contributed by atoms with Gasteiger partial charge in [-0.25, -0.2) is 6.57 Å². The van der Waals surface area contributed by atoms with Gasteiger partial charge in [0.25, 0.3) is 0 Å². The number of hydrogen-bond acceptors (Lipinski definition) is 8. The molecule has 0 bridgehead atoms. The van der Waals surface area contributed by atoms with Crippen molar-refractivity contribution in [2.45, 2.75) is 57.8 Å². The maximum atomic E-state index is 12.6. The van der Waals surface area contributed by atoms with Crippen molar-refractivity contribution in [2.24, 2.45) is 0 Å². The third kappa shape index (κ3) is 6.67. The van der Waals surface area contributed by atoms with E-state index in [1.165, 1.54) is 28.1 Å². The normalized spacial score (nSPS) is 19.5. The average molecular weight is 624 g/mol. The number of amides is 1. The lowest BCUT2D eigenvalue weighted by Crippen LogP contribution is -2.56. The van der Waals surface area contributed by atoms with Crippen LogP contribution in [-0.4, -0.2) is 103 Å². The molecular formula is C36H45N7O3. The highest BCUT2D eigenvalue weighted by atomic mass is 16.5. The molecule has 4 heterocycles. The molecule has 2 atom stereocenters. The van der Waals surface area contributed by atoms with Gasteiger partial charge in [-0.15, -0.1) is 0 Å². The van der Waals surface area contributed by atoms with E-state index in [0.717, 1.165) is 62.6 Å². The molecule has 2 fully saturated rings. The molecule has 46 heavy (non-hydrogen) atoms. The van der Waals surface area contributed by atoms with Crippen LogP contribution in [0.3, 0.4) is 0 Å². The number of piperazine rings is 1. The van der Waals surface area contributed by atoms with E-state index in [4.69, 9.17) is 26.0 Å². The summed E-state index contributed by atoms with van der Waals surface area (Å²) in [5, 5.41) is 2.50. The molecule has 6 rings (SSSR count). The van der Waals surface area contributed by atoms with Gasteiger partial charge >= 0.3 is 6.01 Å². The summed E-state index contributed by atoms with van der Waals surface area (Å²) in [6.07, 6.45) is 4.06. The third-order valence-corrected chi connectivity index (χ3v) is 9.66. The predicted octanol–water partition coefficient (Wildman–Crippen LogP) is 4.50. The number of anilines is 2. The van der Waals surface area contributed by atoms with Crippen LogP contribution in [0.4, 0.5) is 11.5 Å². The first-order valence-corrected chi connectivity index (χ1v) is 16.4. The van der Waals surface area contributed by atoms with Crippen molar-refractivity contribution < 1.29 is 14.3 Å². The lowest BCUT2D eigenvalue weighted by molar-refractivity contribution is -0.128. The first-order valence-electron chi connectivity index (χ1n) is 16.4. The first kappa shape index (κ1) is 31.8. The number of carbonyl (C=O) groups excluding carboxylic acids is 1. The summed E-state index contributed by atoms with van der Waals surface area (Å²) in [6, 6.07) is 13.6. The Bertz CT molecular complexity index is 1610. The average Bonchev–Trinajstić information content (AvgIpc) is 3.07. The SMILES string of the molecule is [C-]#[N+]C[C@H]1CN(c2nc(O[C@@H](C)CN(C)C3CCOCC3)nc3c2CCN(c2cccc4cccc(C)c24)C3)CCN1C(=O)C=C. The highest BCUT2D eigenvalue weighted by Crippen LogP contribution is 2.36. The van der Waals surface area contributed by atoms with E-state index in [2.05, 4.69) is 83.4 Å². The van der Waals surface area contributed by atoms with Crippen molar-refractivity contribution >= 4 is 28.2 Å². The minimum atomic E-state index is -0.238. The maximum Gasteiger partial charge on any atom is 0.318 e. The summed E-state index contributed by atoms with van der Waals surface area (Å²) in [5.74, 6) is 0.727. The molecule has 3 aliphatic heterocycles. The van der Waals surface area contributed by atoms with Gasteiger partial charge in [0.05, 0.1) is 12.2 Å². The predicted molar refractivity (Wildman–Crippen MR) is 181 cm³/mol. The number of carbonyl (C=O) groups is 1. The van der Waals surface area contributed by atoms with Crippen LogP contribution >= 0.6 is 0 Å². The molecule has 1 amide bonds. The van der Waals surface area contributed by atoms with Gasteiger partial charge in [0.1, 0.15) is 18.0 Å². The molecule has 242 valence electrons. The molecule has 0 saturated carbocycles. The van der Waals surface area contributed by atoms with Gasteiger partial charge in [-0.05, 0) is 63.2 Å². The molecule has 0 spiro atoms. The highest BCUT2D eigenvalue weighted by molar-refractivity contribution is 5.97. The van der Waals surface area contributed by atoms with E-state index >= 15 is 0 Å². The molecule has 3 aliphatic rings. The first-order chi connectivity index (χ1) is 22.4. The Balaban J connectivity index is 1.31. The minimum absolute atomic E-state index is 0.115. The number of aromatic nitrogens is 2. The Labute approximate surface area is 272 Å². The molecule has 10 heteroatoms. The number of likely N-dealkylation sites (N-methyl/N-ethyl adjacent to an activating group) is 1. The second-order valence-electron chi connectivity index (χ2n) is 12.8. The van der Waals surface area contributed by atoms with Crippen molar-refractivity contribution in [1.29, 1.82) is 0 Å². The largest absolute Gasteiger partial charge is 0.459 e. The van der Waals surface area contributed by atoms with E-state index in [1.807, 2.05) is 0 Å². The van der Waals surface area contributed by atoms with Crippen molar-refractivity contribution in [1.82, 2.24) is 19.8 Å². The summed E-state index contributed by atoms with van der Waals surface area (Å²) < 4.78 is 12.1. The molecular weight excluding hydrogens is 578 g/mol. The number of fused-ring (bicyclic) bond motifs is 2. The van der Waals surface area contributed by atoms with Gasteiger partial charge in [0.2, 0.25) is 12.5 Å². The number of ether oxygens (including phenoxy) is 2. The molecule has 10 nitrogen and oxygen atoms in total. The number of nitrogens with zero attached hydrogens (tertiary/aromatic N) is 7. The number of aryl methyl sites for hydroxylation is 1. The Hall–Kier alpha value is -4.20. The second kappa shape index (κ2) is 14.1. The van der Waals surface area contributed by atoms with E-state index in [-0.39, 0.29) is 24.6 Å². The summed E-state index contributed by atoms with van der Waals surface area (Å²) >= 11 is 0. The zero-order chi connectivity index (χ0) is 32.2. The second-order valence-corrected chi connectivity index (χ2v) is 12.8. The van der Waals surface area contributed by atoms with Crippen molar-refractivity contribution in [3.63, 3.8) is 0 Å². The fourth-order valence-electron chi connectivity index (χ4n) is 7.29. The molecule has 1 aromatic heterocycles.